The minimum atomic E-state index is -0.143. The average molecular weight is 225 g/mol. The molecular weight excluding hydrogens is 202 g/mol. The molecule has 0 aromatic carbocycles. The fourth-order valence-corrected chi connectivity index (χ4v) is 3.19. The van der Waals surface area contributed by atoms with E-state index in [0.29, 0.717) is 5.91 Å². The van der Waals surface area contributed by atoms with Crippen molar-refractivity contribution in [1.29, 1.82) is 0 Å². The summed E-state index contributed by atoms with van der Waals surface area (Å²) < 4.78 is 0. The fraction of sp³-hybridized carbons (Fsp3) is 0.923. The summed E-state index contributed by atoms with van der Waals surface area (Å²) in [5.74, 6) is 0.295. The zero-order valence-corrected chi connectivity index (χ0v) is 10.2. The molecule has 1 aliphatic heterocycles. The Morgan fingerprint density at radius 2 is 2.00 bits per heavy atom. The van der Waals surface area contributed by atoms with Gasteiger partial charge in [-0.05, 0) is 25.7 Å². The molecule has 2 fully saturated rings. The molecule has 3 heteroatoms. The number of carbonyl (C=O) groups excluding carboxylic acids is 1. The van der Waals surface area contributed by atoms with E-state index in [0.717, 1.165) is 32.2 Å². The maximum absolute atomic E-state index is 12.5. The molecule has 1 atom stereocenters. The zero-order valence-electron chi connectivity index (χ0n) is 10.2. The van der Waals surface area contributed by atoms with E-state index in [1.54, 1.807) is 0 Å². The van der Waals surface area contributed by atoms with Crippen LogP contribution in [0.5, 0.6) is 0 Å². The summed E-state index contributed by atoms with van der Waals surface area (Å²) in [4.78, 5) is 14.4. The molecule has 92 valence electrons. The van der Waals surface area contributed by atoms with Gasteiger partial charge in [0.1, 0.15) is 0 Å². The number of aliphatic hydroxyl groups is 1. The molecular formula is C13H23NO2. The highest BCUT2D eigenvalue weighted by Crippen LogP contribution is 2.38. The molecule has 3 nitrogen and oxygen atoms in total. The van der Waals surface area contributed by atoms with Crippen LogP contribution >= 0.6 is 0 Å². The van der Waals surface area contributed by atoms with Crippen LogP contribution in [0.4, 0.5) is 0 Å². The lowest BCUT2D eigenvalue weighted by Crippen LogP contribution is -2.46. The minimum absolute atomic E-state index is 0.0891. The average Bonchev–Trinajstić information content (AvgIpc) is 2.77. The molecule has 2 rings (SSSR count). The van der Waals surface area contributed by atoms with E-state index in [9.17, 15) is 9.90 Å². The predicted molar refractivity (Wildman–Crippen MR) is 63.0 cm³/mol. The summed E-state index contributed by atoms with van der Waals surface area (Å²) in [5, 5.41) is 9.27. The largest absolute Gasteiger partial charge is 0.394 e. The Labute approximate surface area is 97.8 Å². The molecule has 0 spiro atoms. The second-order valence-corrected chi connectivity index (χ2v) is 5.60. The highest BCUT2D eigenvalue weighted by molar-refractivity contribution is 5.83. The second kappa shape index (κ2) is 4.74. The summed E-state index contributed by atoms with van der Waals surface area (Å²) >= 11 is 0. The van der Waals surface area contributed by atoms with Crippen molar-refractivity contribution < 1.29 is 9.90 Å². The third-order valence-corrected chi connectivity index (χ3v) is 4.32. The van der Waals surface area contributed by atoms with Gasteiger partial charge in [-0.1, -0.05) is 26.2 Å². The summed E-state index contributed by atoms with van der Waals surface area (Å²) in [7, 11) is 0. The van der Waals surface area contributed by atoms with Crippen molar-refractivity contribution in [2.45, 2.75) is 57.9 Å². The van der Waals surface area contributed by atoms with E-state index in [-0.39, 0.29) is 18.1 Å². The van der Waals surface area contributed by atoms with Gasteiger partial charge in [-0.2, -0.15) is 0 Å². The lowest BCUT2D eigenvalue weighted by atomic mass is 9.74. The van der Waals surface area contributed by atoms with Gasteiger partial charge in [0, 0.05) is 12.0 Å². The van der Waals surface area contributed by atoms with E-state index in [4.69, 9.17) is 0 Å². The molecule has 1 aliphatic carbocycles. The first-order chi connectivity index (χ1) is 7.67. The van der Waals surface area contributed by atoms with Crippen LogP contribution in [0, 0.1) is 5.41 Å². The maximum atomic E-state index is 12.5. The minimum Gasteiger partial charge on any atom is -0.394 e. The lowest BCUT2D eigenvalue weighted by Gasteiger charge is -2.37. The first kappa shape index (κ1) is 11.9. The van der Waals surface area contributed by atoms with Crippen LogP contribution in [0.25, 0.3) is 0 Å². The first-order valence-electron chi connectivity index (χ1n) is 6.59. The van der Waals surface area contributed by atoms with E-state index in [2.05, 4.69) is 6.92 Å². The van der Waals surface area contributed by atoms with E-state index >= 15 is 0 Å². The number of nitrogens with zero attached hydrogens (tertiary/aromatic N) is 1. The van der Waals surface area contributed by atoms with Crippen LogP contribution in [-0.2, 0) is 4.79 Å². The predicted octanol–water partition coefficient (Wildman–Crippen LogP) is 1.94. The number of hydrogen-bond donors (Lipinski definition) is 1. The van der Waals surface area contributed by atoms with Crippen LogP contribution in [0.2, 0.25) is 0 Å². The lowest BCUT2D eigenvalue weighted by molar-refractivity contribution is -0.144. The number of aliphatic hydroxyl groups excluding tert-OH is 1. The van der Waals surface area contributed by atoms with Crippen molar-refractivity contribution in [1.82, 2.24) is 4.90 Å². The number of amides is 1. The van der Waals surface area contributed by atoms with Gasteiger partial charge in [0.05, 0.1) is 12.6 Å². The van der Waals surface area contributed by atoms with Gasteiger partial charge in [-0.3, -0.25) is 4.79 Å². The van der Waals surface area contributed by atoms with Crippen LogP contribution in [-0.4, -0.2) is 35.1 Å². The normalized spacial score (nSPS) is 29.4. The molecule has 0 unspecified atom stereocenters. The van der Waals surface area contributed by atoms with Gasteiger partial charge in [0.15, 0.2) is 0 Å². The van der Waals surface area contributed by atoms with Crippen LogP contribution < -0.4 is 0 Å². The molecule has 1 heterocycles. The number of rotatable bonds is 2. The Morgan fingerprint density at radius 3 is 2.62 bits per heavy atom. The topological polar surface area (TPSA) is 40.5 Å². The van der Waals surface area contributed by atoms with Crippen molar-refractivity contribution in [2.24, 2.45) is 5.41 Å². The first-order valence-corrected chi connectivity index (χ1v) is 6.59. The summed E-state index contributed by atoms with van der Waals surface area (Å²) in [6.45, 7) is 3.09. The van der Waals surface area contributed by atoms with Gasteiger partial charge < -0.3 is 10.0 Å². The van der Waals surface area contributed by atoms with Crippen LogP contribution in [0.3, 0.4) is 0 Å². The molecule has 2 aliphatic rings. The summed E-state index contributed by atoms with van der Waals surface area (Å²) in [6, 6.07) is 0.0891. The Bertz CT molecular complexity index is 259. The molecule has 16 heavy (non-hydrogen) atoms. The molecule has 0 radical (unpaired) electrons. The molecule has 0 bridgehead atoms. The Hall–Kier alpha value is -0.570. The SMILES string of the molecule is CC1(C(=O)N2CCC[C@H]2CO)CCCCC1. The van der Waals surface area contributed by atoms with Crippen molar-refractivity contribution >= 4 is 5.91 Å². The van der Waals surface area contributed by atoms with Crippen molar-refractivity contribution in [3.63, 3.8) is 0 Å². The van der Waals surface area contributed by atoms with Crippen molar-refractivity contribution in [3.8, 4) is 0 Å². The molecule has 0 aromatic rings. The number of hydrogen-bond acceptors (Lipinski definition) is 2. The summed E-state index contributed by atoms with van der Waals surface area (Å²) in [5.41, 5.74) is -0.143. The molecule has 1 N–H and O–H groups in total. The Morgan fingerprint density at radius 1 is 1.31 bits per heavy atom. The monoisotopic (exact) mass is 225 g/mol. The second-order valence-electron chi connectivity index (χ2n) is 5.60. The van der Waals surface area contributed by atoms with Crippen molar-refractivity contribution in [2.75, 3.05) is 13.2 Å². The maximum Gasteiger partial charge on any atom is 0.228 e. The zero-order chi connectivity index (χ0) is 11.6. The van der Waals surface area contributed by atoms with Gasteiger partial charge >= 0.3 is 0 Å². The highest BCUT2D eigenvalue weighted by Gasteiger charge is 2.40. The molecule has 1 amide bonds. The van der Waals surface area contributed by atoms with Gasteiger partial charge in [0.25, 0.3) is 0 Å². The Kier molecular flexibility index (Phi) is 3.53. The number of likely N-dealkylation sites (tertiary alicyclic amines) is 1. The Balaban J connectivity index is 2.05. The standard InChI is InChI=1S/C13H23NO2/c1-13(7-3-2-4-8-13)12(16)14-9-5-6-11(14)10-15/h11,15H,2-10H2,1H3/t11-/m0/s1. The smallest absolute Gasteiger partial charge is 0.228 e. The van der Waals surface area contributed by atoms with Gasteiger partial charge in [-0.15, -0.1) is 0 Å². The fourth-order valence-electron chi connectivity index (χ4n) is 3.19. The highest BCUT2D eigenvalue weighted by atomic mass is 16.3. The van der Waals surface area contributed by atoms with Crippen molar-refractivity contribution in [3.05, 3.63) is 0 Å². The third kappa shape index (κ3) is 2.10. The van der Waals surface area contributed by atoms with E-state index in [1.807, 2.05) is 4.90 Å². The summed E-state index contributed by atoms with van der Waals surface area (Å²) in [6.07, 6.45) is 7.71. The van der Waals surface area contributed by atoms with Crippen LogP contribution in [0.15, 0.2) is 0 Å². The third-order valence-electron chi connectivity index (χ3n) is 4.32. The van der Waals surface area contributed by atoms with E-state index in [1.165, 1.54) is 19.3 Å². The molecule has 1 saturated heterocycles. The molecule has 1 saturated carbocycles. The molecule has 0 aromatic heterocycles. The quantitative estimate of drug-likeness (QED) is 0.780. The van der Waals surface area contributed by atoms with E-state index < -0.39 is 0 Å². The number of carbonyl (C=O) groups is 1. The van der Waals surface area contributed by atoms with Crippen LogP contribution in [0.1, 0.15) is 51.9 Å². The van der Waals surface area contributed by atoms with Gasteiger partial charge in [-0.25, -0.2) is 0 Å². The van der Waals surface area contributed by atoms with Gasteiger partial charge in [0.2, 0.25) is 5.91 Å².